The second-order valence-electron chi connectivity index (χ2n) is 8.13. The lowest BCUT2D eigenvalue weighted by molar-refractivity contribution is 0.0981. The Kier molecular flexibility index (Phi) is 5.69. The van der Waals surface area contributed by atoms with Gasteiger partial charge in [-0.1, -0.05) is 36.4 Å². The second kappa shape index (κ2) is 8.29. The van der Waals surface area contributed by atoms with E-state index in [4.69, 9.17) is 0 Å². The molecule has 0 saturated carbocycles. The van der Waals surface area contributed by atoms with Crippen molar-refractivity contribution >= 4 is 21.6 Å². The minimum Gasteiger partial charge on any atom is -0.305 e. The molecule has 6 heteroatoms. The van der Waals surface area contributed by atoms with Gasteiger partial charge >= 0.3 is 0 Å². The molecule has 0 radical (unpaired) electrons. The summed E-state index contributed by atoms with van der Waals surface area (Å²) < 4.78 is 28.2. The molecule has 4 rings (SSSR count). The fourth-order valence-electron chi connectivity index (χ4n) is 3.94. The molecule has 0 fully saturated rings. The largest absolute Gasteiger partial charge is 0.305 e. The SMILES string of the molecule is Cc1ccc(S(=O)(=O)NCc2ccc3c(c2)N(C(=O)c2ccccc2)[C@@H](C)C3)cc1C. The maximum atomic E-state index is 13.1. The highest BCUT2D eigenvalue weighted by Crippen LogP contribution is 2.34. The predicted octanol–water partition coefficient (Wildman–Crippen LogP) is 4.37. The van der Waals surface area contributed by atoms with Crippen molar-refractivity contribution in [3.8, 4) is 0 Å². The molecule has 160 valence electrons. The maximum Gasteiger partial charge on any atom is 0.258 e. The Labute approximate surface area is 183 Å². The lowest BCUT2D eigenvalue weighted by Gasteiger charge is -2.23. The molecule has 1 heterocycles. The maximum absolute atomic E-state index is 13.1. The molecule has 1 N–H and O–H groups in total. The summed E-state index contributed by atoms with van der Waals surface area (Å²) in [6.45, 7) is 6.04. The zero-order chi connectivity index (χ0) is 22.2. The lowest BCUT2D eigenvalue weighted by Crippen LogP contribution is -2.35. The minimum atomic E-state index is -3.63. The Balaban J connectivity index is 1.56. The van der Waals surface area contributed by atoms with Crippen LogP contribution in [0.4, 0.5) is 5.69 Å². The number of rotatable bonds is 5. The number of benzene rings is 3. The summed E-state index contributed by atoms with van der Waals surface area (Å²) in [4.78, 5) is 15.2. The van der Waals surface area contributed by atoms with E-state index in [1.54, 1.807) is 12.1 Å². The molecule has 0 saturated heterocycles. The summed E-state index contributed by atoms with van der Waals surface area (Å²) in [5, 5.41) is 0. The molecule has 0 bridgehead atoms. The molecule has 5 nitrogen and oxygen atoms in total. The van der Waals surface area contributed by atoms with Gasteiger partial charge in [0.15, 0.2) is 0 Å². The van der Waals surface area contributed by atoms with E-state index in [2.05, 4.69) is 4.72 Å². The van der Waals surface area contributed by atoms with Gasteiger partial charge in [0.2, 0.25) is 10.0 Å². The number of fused-ring (bicyclic) bond motifs is 1. The van der Waals surface area contributed by atoms with E-state index in [-0.39, 0.29) is 23.4 Å². The van der Waals surface area contributed by atoms with Gasteiger partial charge in [-0.05, 0) is 79.8 Å². The molecule has 1 amide bonds. The van der Waals surface area contributed by atoms with Crippen LogP contribution in [-0.2, 0) is 23.0 Å². The first-order chi connectivity index (χ1) is 14.8. The van der Waals surface area contributed by atoms with Gasteiger partial charge < -0.3 is 4.90 Å². The van der Waals surface area contributed by atoms with Crippen LogP contribution in [0.2, 0.25) is 0 Å². The fourth-order valence-corrected chi connectivity index (χ4v) is 5.04. The molecule has 0 aliphatic carbocycles. The fraction of sp³-hybridized carbons (Fsp3) is 0.240. The lowest BCUT2D eigenvalue weighted by atomic mass is 10.1. The normalized spacial score (nSPS) is 15.7. The summed E-state index contributed by atoms with van der Waals surface area (Å²) in [5.41, 5.74) is 5.38. The van der Waals surface area contributed by atoms with Gasteiger partial charge in [-0.2, -0.15) is 0 Å². The number of anilines is 1. The number of sulfonamides is 1. The third-order valence-corrected chi connectivity index (χ3v) is 7.26. The van der Waals surface area contributed by atoms with Crippen LogP contribution in [0.15, 0.2) is 71.6 Å². The van der Waals surface area contributed by atoms with Crippen molar-refractivity contribution in [3.63, 3.8) is 0 Å². The summed E-state index contributed by atoms with van der Waals surface area (Å²) in [7, 11) is -3.63. The second-order valence-corrected chi connectivity index (χ2v) is 9.89. The quantitative estimate of drug-likeness (QED) is 0.648. The third-order valence-electron chi connectivity index (χ3n) is 5.86. The first-order valence-corrected chi connectivity index (χ1v) is 11.8. The first kappa shape index (κ1) is 21.3. The van der Waals surface area contributed by atoms with Gasteiger partial charge in [0, 0.05) is 23.8 Å². The summed E-state index contributed by atoms with van der Waals surface area (Å²) >= 11 is 0. The van der Waals surface area contributed by atoms with E-state index in [0.717, 1.165) is 34.4 Å². The molecule has 0 unspecified atom stereocenters. The molecular formula is C25H26N2O3S. The number of hydrogen-bond donors (Lipinski definition) is 1. The highest BCUT2D eigenvalue weighted by molar-refractivity contribution is 7.89. The number of carbonyl (C=O) groups is 1. The monoisotopic (exact) mass is 434 g/mol. The van der Waals surface area contributed by atoms with Gasteiger partial charge in [-0.25, -0.2) is 13.1 Å². The molecule has 0 aromatic heterocycles. The molecule has 3 aromatic rings. The van der Waals surface area contributed by atoms with Crippen molar-refractivity contribution in [2.75, 3.05) is 4.90 Å². The van der Waals surface area contributed by atoms with Crippen molar-refractivity contribution in [2.45, 2.75) is 44.7 Å². The molecule has 0 spiro atoms. The van der Waals surface area contributed by atoms with Gasteiger partial charge in [0.05, 0.1) is 4.90 Å². The zero-order valence-corrected chi connectivity index (χ0v) is 18.7. The molecule has 3 aromatic carbocycles. The summed E-state index contributed by atoms with van der Waals surface area (Å²) in [6, 6.07) is 20.2. The summed E-state index contributed by atoms with van der Waals surface area (Å²) in [6.07, 6.45) is 0.780. The van der Waals surface area contributed by atoms with Crippen LogP contribution in [0.25, 0.3) is 0 Å². The van der Waals surface area contributed by atoms with Crippen LogP contribution in [0, 0.1) is 13.8 Å². The highest BCUT2D eigenvalue weighted by atomic mass is 32.2. The van der Waals surface area contributed by atoms with E-state index in [1.165, 1.54) is 0 Å². The van der Waals surface area contributed by atoms with Gasteiger partial charge in [-0.15, -0.1) is 0 Å². The smallest absolute Gasteiger partial charge is 0.258 e. The van der Waals surface area contributed by atoms with Crippen LogP contribution < -0.4 is 9.62 Å². The number of aryl methyl sites for hydroxylation is 2. The van der Waals surface area contributed by atoms with Gasteiger partial charge in [-0.3, -0.25) is 4.79 Å². The van der Waals surface area contributed by atoms with Crippen molar-refractivity contribution in [1.29, 1.82) is 0 Å². The van der Waals surface area contributed by atoms with Gasteiger partial charge in [0.1, 0.15) is 0 Å². The minimum absolute atomic E-state index is 0.0419. The van der Waals surface area contributed by atoms with Crippen molar-refractivity contribution < 1.29 is 13.2 Å². The number of nitrogens with zero attached hydrogens (tertiary/aromatic N) is 1. The molecule has 31 heavy (non-hydrogen) atoms. The van der Waals surface area contributed by atoms with Crippen LogP contribution in [0.5, 0.6) is 0 Å². The third kappa shape index (κ3) is 4.27. The highest BCUT2D eigenvalue weighted by Gasteiger charge is 2.31. The summed E-state index contributed by atoms with van der Waals surface area (Å²) in [5.74, 6) is -0.0419. The molecule has 1 aliphatic heterocycles. The van der Waals surface area contributed by atoms with Crippen LogP contribution in [0.3, 0.4) is 0 Å². The van der Waals surface area contributed by atoms with Crippen molar-refractivity contribution in [1.82, 2.24) is 4.72 Å². The Morgan fingerprint density at radius 3 is 2.45 bits per heavy atom. The Hall–Kier alpha value is -2.96. The Bertz CT molecular complexity index is 1240. The van der Waals surface area contributed by atoms with Crippen molar-refractivity contribution in [2.24, 2.45) is 0 Å². The molecular weight excluding hydrogens is 408 g/mol. The first-order valence-electron chi connectivity index (χ1n) is 10.3. The number of hydrogen-bond acceptors (Lipinski definition) is 3. The zero-order valence-electron chi connectivity index (χ0n) is 17.9. The average Bonchev–Trinajstić information content (AvgIpc) is 3.09. The average molecular weight is 435 g/mol. The van der Waals surface area contributed by atoms with Gasteiger partial charge in [0.25, 0.3) is 5.91 Å². The number of nitrogens with one attached hydrogen (secondary N) is 1. The van der Waals surface area contributed by atoms with E-state index >= 15 is 0 Å². The van der Waals surface area contributed by atoms with Crippen LogP contribution in [-0.4, -0.2) is 20.4 Å². The number of carbonyl (C=O) groups excluding carboxylic acids is 1. The molecule has 1 atom stereocenters. The topological polar surface area (TPSA) is 66.5 Å². The predicted molar refractivity (Wildman–Crippen MR) is 123 cm³/mol. The number of amides is 1. The Morgan fingerprint density at radius 1 is 1.00 bits per heavy atom. The van der Waals surface area contributed by atoms with E-state index in [0.29, 0.717) is 5.56 Å². The Morgan fingerprint density at radius 2 is 1.74 bits per heavy atom. The standard InChI is InChI=1S/C25H26N2O3S/c1-17-9-12-23(13-18(17)2)31(29,30)26-16-20-10-11-22-14-19(3)27(24(22)15-20)25(28)21-7-5-4-6-8-21/h4-13,15,19,26H,14,16H2,1-3H3/t19-/m0/s1. The van der Waals surface area contributed by atoms with E-state index in [9.17, 15) is 13.2 Å². The van der Waals surface area contributed by atoms with Crippen LogP contribution >= 0.6 is 0 Å². The van der Waals surface area contributed by atoms with E-state index in [1.807, 2.05) is 80.3 Å². The molecule has 1 aliphatic rings. The van der Waals surface area contributed by atoms with Crippen molar-refractivity contribution in [3.05, 3.63) is 94.5 Å². The van der Waals surface area contributed by atoms with E-state index < -0.39 is 10.0 Å². The van der Waals surface area contributed by atoms with Crippen LogP contribution in [0.1, 0.15) is 39.5 Å².